The summed E-state index contributed by atoms with van der Waals surface area (Å²) < 4.78 is 18.3. The van der Waals surface area contributed by atoms with Crippen molar-refractivity contribution in [3.63, 3.8) is 0 Å². The van der Waals surface area contributed by atoms with E-state index in [0.717, 1.165) is 50.6 Å². The van der Waals surface area contributed by atoms with E-state index in [1.165, 1.54) is 0 Å². The molecule has 2 aromatic heterocycles. The maximum absolute atomic E-state index is 5.75. The second kappa shape index (κ2) is 7.00. The van der Waals surface area contributed by atoms with Crippen molar-refractivity contribution in [1.82, 2.24) is 24.7 Å². The molecule has 2 saturated heterocycles. The minimum atomic E-state index is 0.204. The third-order valence-corrected chi connectivity index (χ3v) is 4.77. The Labute approximate surface area is 140 Å². The second-order valence-electron chi connectivity index (χ2n) is 6.35. The number of ether oxygens (including phenoxy) is 3. The highest BCUT2D eigenvalue weighted by Gasteiger charge is 2.27. The molecule has 0 aliphatic carbocycles. The van der Waals surface area contributed by atoms with Crippen LogP contribution in [0.1, 0.15) is 24.6 Å². The Morgan fingerprint density at radius 3 is 2.83 bits per heavy atom. The average Bonchev–Trinajstić information content (AvgIpc) is 3.06. The minimum absolute atomic E-state index is 0.204. The van der Waals surface area contributed by atoms with Gasteiger partial charge >= 0.3 is 0 Å². The number of rotatable bonds is 4. The first kappa shape index (κ1) is 15.7. The number of fused-ring (bicyclic) bond motifs is 1. The molecular weight excluding hydrogens is 310 g/mol. The standard InChI is InChI=1S/C16H23N5O3/c1-22-15-3-2-14-17-18-16(21(14)19-15)12-4-6-20(7-5-12)10-13-11-23-8-9-24-13/h2-3,12-13H,4-11H2,1H3. The molecule has 1 unspecified atom stereocenters. The lowest BCUT2D eigenvalue weighted by Gasteiger charge is -2.34. The summed E-state index contributed by atoms with van der Waals surface area (Å²) in [5, 5.41) is 13.1. The smallest absolute Gasteiger partial charge is 0.231 e. The van der Waals surface area contributed by atoms with Gasteiger partial charge in [-0.1, -0.05) is 0 Å². The summed E-state index contributed by atoms with van der Waals surface area (Å²) in [6, 6.07) is 3.69. The molecule has 0 spiro atoms. The Bertz CT molecular complexity index is 677. The molecule has 2 aliphatic rings. The summed E-state index contributed by atoms with van der Waals surface area (Å²) in [7, 11) is 1.62. The fraction of sp³-hybridized carbons (Fsp3) is 0.688. The number of likely N-dealkylation sites (tertiary alicyclic amines) is 1. The lowest BCUT2D eigenvalue weighted by atomic mass is 9.96. The molecule has 130 valence electrons. The third-order valence-electron chi connectivity index (χ3n) is 4.77. The van der Waals surface area contributed by atoms with E-state index in [2.05, 4.69) is 20.2 Å². The number of aromatic nitrogens is 4. The molecule has 0 bridgehead atoms. The first-order chi connectivity index (χ1) is 11.8. The monoisotopic (exact) mass is 333 g/mol. The Balaban J connectivity index is 1.40. The van der Waals surface area contributed by atoms with Gasteiger partial charge in [0.1, 0.15) is 0 Å². The van der Waals surface area contributed by atoms with Crippen LogP contribution in [0.25, 0.3) is 5.65 Å². The van der Waals surface area contributed by atoms with E-state index >= 15 is 0 Å². The van der Waals surface area contributed by atoms with Gasteiger partial charge in [0, 0.05) is 18.5 Å². The normalized spacial score (nSPS) is 23.6. The van der Waals surface area contributed by atoms with Gasteiger partial charge in [0.2, 0.25) is 5.88 Å². The molecule has 0 aromatic carbocycles. The van der Waals surface area contributed by atoms with Crippen LogP contribution in [-0.4, -0.2) is 77.4 Å². The van der Waals surface area contributed by atoms with Gasteiger partial charge in [-0.05, 0) is 32.0 Å². The summed E-state index contributed by atoms with van der Waals surface area (Å²) in [6.45, 7) is 5.14. The molecule has 4 rings (SSSR count). The summed E-state index contributed by atoms with van der Waals surface area (Å²) >= 11 is 0. The summed E-state index contributed by atoms with van der Waals surface area (Å²) in [4.78, 5) is 2.45. The van der Waals surface area contributed by atoms with Crippen LogP contribution in [0.4, 0.5) is 0 Å². The third kappa shape index (κ3) is 3.22. The average molecular weight is 333 g/mol. The molecule has 2 aromatic rings. The van der Waals surface area contributed by atoms with Gasteiger partial charge in [0.15, 0.2) is 11.5 Å². The SMILES string of the molecule is COc1ccc2nnc(C3CCN(CC4COCCO4)CC3)n2n1. The Kier molecular flexibility index (Phi) is 4.59. The quantitative estimate of drug-likeness (QED) is 0.816. The molecule has 4 heterocycles. The highest BCUT2D eigenvalue weighted by atomic mass is 16.6. The Morgan fingerprint density at radius 1 is 1.21 bits per heavy atom. The van der Waals surface area contributed by atoms with Crippen LogP contribution in [0, 0.1) is 0 Å². The van der Waals surface area contributed by atoms with E-state index in [1.54, 1.807) is 7.11 Å². The fourth-order valence-corrected chi connectivity index (χ4v) is 3.46. The molecule has 0 amide bonds. The van der Waals surface area contributed by atoms with Gasteiger partial charge in [-0.15, -0.1) is 15.3 Å². The molecule has 2 fully saturated rings. The van der Waals surface area contributed by atoms with Crippen molar-refractivity contribution in [2.75, 3.05) is 46.6 Å². The zero-order valence-corrected chi connectivity index (χ0v) is 13.9. The molecule has 1 atom stereocenters. The van der Waals surface area contributed by atoms with Crippen molar-refractivity contribution < 1.29 is 14.2 Å². The van der Waals surface area contributed by atoms with E-state index < -0.39 is 0 Å². The van der Waals surface area contributed by atoms with Gasteiger partial charge in [0.05, 0.1) is 33.0 Å². The highest BCUT2D eigenvalue weighted by molar-refractivity contribution is 5.38. The van der Waals surface area contributed by atoms with Crippen molar-refractivity contribution in [1.29, 1.82) is 0 Å². The molecule has 2 aliphatic heterocycles. The fourth-order valence-electron chi connectivity index (χ4n) is 3.46. The van der Waals surface area contributed by atoms with E-state index in [4.69, 9.17) is 14.2 Å². The summed E-state index contributed by atoms with van der Waals surface area (Å²) in [5.41, 5.74) is 0.765. The van der Waals surface area contributed by atoms with Crippen molar-refractivity contribution in [3.8, 4) is 5.88 Å². The van der Waals surface area contributed by atoms with Gasteiger partial charge in [-0.2, -0.15) is 4.52 Å². The summed E-state index contributed by atoms with van der Waals surface area (Å²) in [5.74, 6) is 1.88. The zero-order valence-electron chi connectivity index (χ0n) is 13.9. The van der Waals surface area contributed by atoms with Crippen LogP contribution >= 0.6 is 0 Å². The second-order valence-corrected chi connectivity index (χ2v) is 6.35. The Hall–Kier alpha value is -1.77. The number of methoxy groups -OCH3 is 1. The number of piperidine rings is 1. The first-order valence-electron chi connectivity index (χ1n) is 8.51. The first-order valence-corrected chi connectivity index (χ1v) is 8.51. The van der Waals surface area contributed by atoms with E-state index in [9.17, 15) is 0 Å². The van der Waals surface area contributed by atoms with Crippen LogP contribution in [-0.2, 0) is 9.47 Å². The maximum Gasteiger partial charge on any atom is 0.231 e. The van der Waals surface area contributed by atoms with Gasteiger partial charge in [0.25, 0.3) is 0 Å². The van der Waals surface area contributed by atoms with Gasteiger partial charge in [-0.25, -0.2) is 0 Å². The highest BCUT2D eigenvalue weighted by Crippen LogP contribution is 2.27. The number of nitrogens with zero attached hydrogens (tertiary/aromatic N) is 5. The van der Waals surface area contributed by atoms with Crippen LogP contribution in [0.3, 0.4) is 0 Å². The predicted molar refractivity (Wildman–Crippen MR) is 86.3 cm³/mol. The predicted octanol–water partition coefficient (Wildman–Crippen LogP) is 0.728. The summed E-state index contributed by atoms with van der Waals surface area (Å²) in [6.07, 6.45) is 2.30. The molecule has 8 nitrogen and oxygen atoms in total. The molecule has 0 radical (unpaired) electrons. The number of hydrogen-bond acceptors (Lipinski definition) is 7. The maximum atomic E-state index is 5.75. The van der Waals surface area contributed by atoms with Crippen molar-refractivity contribution in [2.45, 2.75) is 24.9 Å². The Morgan fingerprint density at radius 2 is 2.08 bits per heavy atom. The molecular formula is C16H23N5O3. The van der Waals surface area contributed by atoms with E-state index in [-0.39, 0.29) is 6.10 Å². The zero-order chi connectivity index (χ0) is 16.4. The molecule has 0 N–H and O–H groups in total. The van der Waals surface area contributed by atoms with Crippen LogP contribution < -0.4 is 4.74 Å². The van der Waals surface area contributed by atoms with Crippen LogP contribution in [0.5, 0.6) is 5.88 Å². The van der Waals surface area contributed by atoms with Crippen LogP contribution in [0.2, 0.25) is 0 Å². The minimum Gasteiger partial charge on any atom is -0.480 e. The molecule has 24 heavy (non-hydrogen) atoms. The number of hydrogen-bond donors (Lipinski definition) is 0. The topological polar surface area (TPSA) is 74.0 Å². The van der Waals surface area contributed by atoms with Gasteiger partial charge in [-0.3, -0.25) is 0 Å². The largest absolute Gasteiger partial charge is 0.480 e. The van der Waals surface area contributed by atoms with E-state index in [0.29, 0.717) is 25.0 Å². The van der Waals surface area contributed by atoms with Crippen molar-refractivity contribution in [3.05, 3.63) is 18.0 Å². The lowest BCUT2D eigenvalue weighted by molar-refractivity contribution is -0.0988. The molecule has 8 heteroatoms. The lowest BCUT2D eigenvalue weighted by Crippen LogP contribution is -2.43. The van der Waals surface area contributed by atoms with Gasteiger partial charge < -0.3 is 19.1 Å². The molecule has 0 saturated carbocycles. The van der Waals surface area contributed by atoms with Crippen LogP contribution in [0.15, 0.2) is 12.1 Å². The van der Waals surface area contributed by atoms with E-state index in [1.807, 2.05) is 16.6 Å². The van der Waals surface area contributed by atoms with Crippen molar-refractivity contribution in [2.24, 2.45) is 0 Å². The van der Waals surface area contributed by atoms with Crippen molar-refractivity contribution >= 4 is 5.65 Å².